The highest BCUT2D eigenvalue weighted by Crippen LogP contribution is 2.29. The van der Waals surface area contributed by atoms with Gasteiger partial charge in [-0.2, -0.15) is 0 Å². The Bertz CT molecular complexity index is 445. The summed E-state index contributed by atoms with van der Waals surface area (Å²) >= 11 is 0. The first kappa shape index (κ1) is 14.9. The molecule has 0 bridgehead atoms. The van der Waals surface area contributed by atoms with E-state index in [4.69, 9.17) is 4.74 Å². The first-order valence-corrected chi connectivity index (χ1v) is 8.46. The van der Waals surface area contributed by atoms with Crippen LogP contribution < -0.4 is 10.1 Å². The molecule has 1 N–H and O–H groups in total. The molecule has 1 unspecified atom stereocenters. The van der Waals surface area contributed by atoms with Crippen LogP contribution in [0.4, 0.5) is 0 Å². The van der Waals surface area contributed by atoms with Gasteiger partial charge in [-0.25, -0.2) is 0 Å². The topological polar surface area (TPSA) is 24.5 Å². The van der Waals surface area contributed by atoms with Gasteiger partial charge in [0.15, 0.2) is 0 Å². The number of hydrogen-bond acceptors (Lipinski definition) is 3. The Kier molecular flexibility index (Phi) is 4.51. The maximum atomic E-state index is 6.12. The quantitative estimate of drug-likeness (QED) is 0.922. The van der Waals surface area contributed by atoms with E-state index in [1.54, 1.807) is 0 Å². The molecule has 2 aliphatic rings. The van der Waals surface area contributed by atoms with Crippen molar-refractivity contribution in [2.24, 2.45) is 0 Å². The molecule has 1 aromatic rings. The van der Waals surface area contributed by atoms with E-state index in [0.29, 0.717) is 11.6 Å². The van der Waals surface area contributed by atoms with Crippen molar-refractivity contribution in [1.82, 2.24) is 10.2 Å². The number of nitrogens with one attached hydrogen (secondary N) is 1. The monoisotopic (exact) mass is 288 g/mol. The molecule has 0 spiro atoms. The Labute approximate surface area is 128 Å². The van der Waals surface area contributed by atoms with Gasteiger partial charge in [0, 0.05) is 25.0 Å². The molecule has 3 heteroatoms. The van der Waals surface area contributed by atoms with Crippen molar-refractivity contribution in [1.29, 1.82) is 0 Å². The van der Waals surface area contributed by atoms with Crippen molar-refractivity contribution >= 4 is 0 Å². The lowest BCUT2D eigenvalue weighted by Crippen LogP contribution is -2.51. The summed E-state index contributed by atoms with van der Waals surface area (Å²) in [7, 11) is 0. The van der Waals surface area contributed by atoms with Crippen LogP contribution in [0.3, 0.4) is 0 Å². The number of benzene rings is 1. The van der Waals surface area contributed by atoms with Crippen LogP contribution in [0.5, 0.6) is 5.75 Å². The van der Waals surface area contributed by atoms with Crippen LogP contribution >= 0.6 is 0 Å². The van der Waals surface area contributed by atoms with E-state index in [-0.39, 0.29) is 0 Å². The molecule has 2 heterocycles. The standard InChI is InChI=1S/C18H28N2O/c1-3-18(4-2)14-20(11-7-10-19-18)13-16-12-15-8-5-6-9-17(15)21-16/h5-6,8-9,16,19H,3-4,7,10-14H2,1-2H3. The number of para-hydroxylation sites is 1. The molecule has 1 atom stereocenters. The lowest BCUT2D eigenvalue weighted by molar-refractivity contribution is 0.127. The third-order valence-corrected chi connectivity index (χ3v) is 5.21. The van der Waals surface area contributed by atoms with E-state index < -0.39 is 0 Å². The van der Waals surface area contributed by atoms with Crippen LogP contribution in [-0.4, -0.2) is 42.7 Å². The summed E-state index contributed by atoms with van der Waals surface area (Å²) in [6.45, 7) is 9.15. The molecule has 1 saturated heterocycles. The molecular weight excluding hydrogens is 260 g/mol. The zero-order valence-electron chi connectivity index (χ0n) is 13.4. The predicted molar refractivity (Wildman–Crippen MR) is 86.9 cm³/mol. The zero-order chi connectivity index (χ0) is 14.7. The molecular formula is C18H28N2O. The van der Waals surface area contributed by atoms with E-state index in [0.717, 1.165) is 31.8 Å². The lowest BCUT2D eigenvalue weighted by atomic mass is 9.92. The van der Waals surface area contributed by atoms with Crippen LogP contribution in [0.15, 0.2) is 24.3 Å². The maximum Gasteiger partial charge on any atom is 0.123 e. The molecule has 1 fully saturated rings. The van der Waals surface area contributed by atoms with Crippen molar-refractivity contribution in [3.8, 4) is 5.75 Å². The highest BCUT2D eigenvalue weighted by molar-refractivity contribution is 5.37. The van der Waals surface area contributed by atoms with E-state index in [1.165, 1.54) is 31.4 Å². The Hall–Kier alpha value is -1.06. The molecule has 3 nitrogen and oxygen atoms in total. The van der Waals surface area contributed by atoms with Gasteiger partial charge >= 0.3 is 0 Å². The van der Waals surface area contributed by atoms with Crippen LogP contribution in [-0.2, 0) is 6.42 Å². The lowest BCUT2D eigenvalue weighted by Gasteiger charge is -2.36. The fourth-order valence-electron chi connectivity index (χ4n) is 3.74. The number of rotatable bonds is 4. The van der Waals surface area contributed by atoms with E-state index in [1.807, 2.05) is 0 Å². The first-order valence-electron chi connectivity index (χ1n) is 8.46. The van der Waals surface area contributed by atoms with Crippen LogP contribution in [0.1, 0.15) is 38.7 Å². The minimum Gasteiger partial charge on any atom is -0.488 e. The summed E-state index contributed by atoms with van der Waals surface area (Å²) in [6, 6.07) is 8.47. The van der Waals surface area contributed by atoms with Gasteiger partial charge in [-0.1, -0.05) is 32.0 Å². The van der Waals surface area contributed by atoms with Gasteiger partial charge < -0.3 is 10.1 Å². The summed E-state index contributed by atoms with van der Waals surface area (Å²) in [6.07, 6.45) is 5.02. The number of hydrogen-bond donors (Lipinski definition) is 1. The number of fused-ring (bicyclic) bond motifs is 1. The van der Waals surface area contributed by atoms with Crippen molar-refractivity contribution in [3.05, 3.63) is 29.8 Å². The summed E-state index contributed by atoms with van der Waals surface area (Å²) < 4.78 is 6.12. The second-order valence-electron chi connectivity index (χ2n) is 6.55. The average molecular weight is 288 g/mol. The normalized spacial score (nSPS) is 25.1. The van der Waals surface area contributed by atoms with Gasteiger partial charge in [0.1, 0.15) is 11.9 Å². The minimum atomic E-state index is 0.294. The molecule has 0 aliphatic carbocycles. The first-order chi connectivity index (χ1) is 10.2. The third-order valence-electron chi connectivity index (χ3n) is 5.21. The largest absolute Gasteiger partial charge is 0.488 e. The van der Waals surface area contributed by atoms with Crippen molar-refractivity contribution in [2.75, 3.05) is 26.2 Å². The molecule has 2 aliphatic heterocycles. The molecule has 0 amide bonds. The van der Waals surface area contributed by atoms with Crippen LogP contribution in [0.25, 0.3) is 0 Å². The highest BCUT2D eigenvalue weighted by Gasteiger charge is 2.32. The summed E-state index contributed by atoms with van der Waals surface area (Å²) in [4.78, 5) is 2.61. The van der Waals surface area contributed by atoms with Crippen LogP contribution in [0, 0.1) is 0 Å². The van der Waals surface area contributed by atoms with Crippen molar-refractivity contribution < 1.29 is 4.74 Å². The summed E-state index contributed by atoms with van der Waals surface area (Å²) in [5, 5.41) is 3.78. The molecule has 21 heavy (non-hydrogen) atoms. The highest BCUT2D eigenvalue weighted by atomic mass is 16.5. The number of ether oxygens (including phenoxy) is 1. The molecule has 0 radical (unpaired) electrons. The predicted octanol–water partition coefficient (Wildman–Crippen LogP) is 2.84. The molecule has 3 rings (SSSR count). The SMILES string of the molecule is CCC1(CC)CN(CC2Cc3ccccc3O2)CCCN1. The third kappa shape index (κ3) is 3.24. The molecule has 0 aromatic heterocycles. The second kappa shape index (κ2) is 6.37. The Morgan fingerprint density at radius 1 is 1.29 bits per heavy atom. The van der Waals surface area contributed by atoms with E-state index >= 15 is 0 Å². The minimum absolute atomic E-state index is 0.294. The van der Waals surface area contributed by atoms with Gasteiger partial charge in [-0.15, -0.1) is 0 Å². The Balaban J connectivity index is 1.62. The molecule has 116 valence electrons. The summed E-state index contributed by atoms with van der Waals surface area (Å²) in [5.41, 5.74) is 1.66. The second-order valence-corrected chi connectivity index (χ2v) is 6.55. The van der Waals surface area contributed by atoms with Gasteiger partial charge in [-0.05, 0) is 44.0 Å². The fourth-order valence-corrected chi connectivity index (χ4v) is 3.74. The van der Waals surface area contributed by atoms with Gasteiger partial charge in [0.2, 0.25) is 0 Å². The van der Waals surface area contributed by atoms with Gasteiger partial charge in [0.25, 0.3) is 0 Å². The molecule has 0 saturated carbocycles. The smallest absolute Gasteiger partial charge is 0.123 e. The van der Waals surface area contributed by atoms with Gasteiger partial charge in [0.05, 0.1) is 0 Å². The van der Waals surface area contributed by atoms with Crippen molar-refractivity contribution in [2.45, 2.75) is 51.2 Å². The van der Waals surface area contributed by atoms with E-state index in [9.17, 15) is 0 Å². The Morgan fingerprint density at radius 3 is 2.86 bits per heavy atom. The Morgan fingerprint density at radius 2 is 2.10 bits per heavy atom. The number of nitrogens with zero attached hydrogens (tertiary/aromatic N) is 1. The fraction of sp³-hybridized carbons (Fsp3) is 0.667. The van der Waals surface area contributed by atoms with Gasteiger partial charge in [-0.3, -0.25) is 4.90 Å². The van der Waals surface area contributed by atoms with E-state index in [2.05, 4.69) is 48.3 Å². The van der Waals surface area contributed by atoms with Crippen molar-refractivity contribution in [3.63, 3.8) is 0 Å². The maximum absolute atomic E-state index is 6.12. The zero-order valence-corrected chi connectivity index (χ0v) is 13.4. The molecule has 1 aromatic carbocycles. The average Bonchev–Trinajstić information content (AvgIpc) is 2.80. The van der Waals surface area contributed by atoms with Crippen LogP contribution in [0.2, 0.25) is 0 Å². The summed E-state index contributed by atoms with van der Waals surface area (Å²) in [5.74, 6) is 1.09.